The number of phosphoric ester groups is 2. The molecule has 0 aliphatic heterocycles. The fourth-order valence-electron chi connectivity index (χ4n) is 9.41. The molecule has 0 aliphatic carbocycles. The van der Waals surface area contributed by atoms with Gasteiger partial charge in [-0.25, -0.2) is 9.13 Å². The molecule has 2 unspecified atom stereocenters. The molecule has 0 radical (unpaired) electrons. The van der Waals surface area contributed by atoms with E-state index in [9.17, 15) is 43.2 Å². The zero-order valence-corrected chi connectivity index (χ0v) is 54.4. The Hall–Kier alpha value is -1.94. The predicted molar refractivity (Wildman–Crippen MR) is 326 cm³/mol. The van der Waals surface area contributed by atoms with Gasteiger partial charge in [0.1, 0.15) is 19.3 Å². The molecule has 0 fully saturated rings. The van der Waals surface area contributed by atoms with Crippen molar-refractivity contribution in [2.24, 2.45) is 5.92 Å². The number of carbonyl (C=O) groups excluding carboxylic acids is 4. The molecule has 0 saturated carbocycles. The van der Waals surface area contributed by atoms with Gasteiger partial charge in [0.25, 0.3) is 0 Å². The number of esters is 4. The van der Waals surface area contributed by atoms with Gasteiger partial charge in [0.05, 0.1) is 26.4 Å². The summed E-state index contributed by atoms with van der Waals surface area (Å²) in [6.07, 6.45) is 40.7. The van der Waals surface area contributed by atoms with E-state index in [4.69, 9.17) is 37.0 Å². The molecule has 0 aromatic heterocycles. The van der Waals surface area contributed by atoms with E-state index in [1.165, 1.54) is 116 Å². The molecule has 0 aliphatic rings. The summed E-state index contributed by atoms with van der Waals surface area (Å²) in [7, 11) is -9.87. The van der Waals surface area contributed by atoms with Crippen LogP contribution < -0.4 is 0 Å². The third kappa shape index (κ3) is 57.2. The van der Waals surface area contributed by atoms with Crippen LogP contribution in [-0.4, -0.2) is 96.7 Å². The number of hydrogen-bond acceptors (Lipinski definition) is 15. The van der Waals surface area contributed by atoms with Crippen molar-refractivity contribution in [2.45, 2.75) is 335 Å². The van der Waals surface area contributed by atoms with Crippen LogP contribution in [0.1, 0.15) is 317 Å². The molecule has 3 N–H and O–H groups in total. The Morgan fingerprint density at radius 3 is 0.829 bits per heavy atom. The van der Waals surface area contributed by atoms with Crippen molar-refractivity contribution >= 4 is 39.5 Å². The SMILES string of the molecule is CCCCCCCCCCCCCCCCCCCC(=O)O[C@H](COC(=O)CCCCCCCCCCC(C)C)COP(=O)(O)OC[C@@H](O)COP(=O)(O)OC[C@@H](COC(=O)CCCCCCCCC)OC(=O)CCCCCCCCC. The van der Waals surface area contributed by atoms with Crippen LogP contribution >= 0.6 is 15.6 Å². The molecule has 0 amide bonds. The van der Waals surface area contributed by atoms with Crippen LogP contribution in [0.4, 0.5) is 0 Å². The first-order chi connectivity index (χ1) is 39.5. The molecule has 0 rings (SSSR count). The van der Waals surface area contributed by atoms with Crippen LogP contribution in [0.15, 0.2) is 0 Å². The lowest BCUT2D eigenvalue weighted by atomic mass is 10.0. The van der Waals surface area contributed by atoms with Crippen LogP contribution in [0, 0.1) is 5.92 Å². The van der Waals surface area contributed by atoms with Crippen molar-refractivity contribution < 1.29 is 80.2 Å². The van der Waals surface area contributed by atoms with Crippen molar-refractivity contribution in [1.29, 1.82) is 0 Å². The number of carbonyl (C=O) groups is 4. The average molecular weight is 1210 g/mol. The van der Waals surface area contributed by atoms with Gasteiger partial charge >= 0.3 is 39.5 Å². The molecule has 5 atom stereocenters. The van der Waals surface area contributed by atoms with Crippen molar-refractivity contribution in [1.82, 2.24) is 0 Å². The van der Waals surface area contributed by atoms with Crippen LogP contribution in [0.2, 0.25) is 0 Å². The maximum absolute atomic E-state index is 13.0. The number of phosphoric acid groups is 2. The Bertz CT molecular complexity index is 1600. The smallest absolute Gasteiger partial charge is 0.462 e. The van der Waals surface area contributed by atoms with E-state index in [0.717, 1.165) is 121 Å². The highest BCUT2D eigenvalue weighted by Crippen LogP contribution is 2.45. The number of unbranched alkanes of at least 4 members (excludes halogenated alkanes) is 35. The van der Waals surface area contributed by atoms with E-state index in [1.54, 1.807) is 0 Å². The van der Waals surface area contributed by atoms with Crippen molar-refractivity contribution in [3.63, 3.8) is 0 Å². The fourth-order valence-corrected chi connectivity index (χ4v) is 11.0. The van der Waals surface area contributed by atoms with E-state index in [2.05, 4.69) is 34.6 Å². The predicted octanol–water partition coefficient (Wildman–Crippen LogP) is 17.4. The largest absolute Gasteiger partial charge is 0.472 e. The van der Waals surface area contributed by atoms with Crippen molar-refractivity contribution in [2.75, 3.05) is 39.6 Å². The molecular formula is C63H122O17P2. The van der Waals surface area contributed by atoms with Crippen molar-refractivity contribution in [3.8, 4) is 0 Å². The summed E-state index contributed by atoms with van der Waals surface area (Å²) in [5.41, 5.74) is 0. The van der Waals surface area contributed by atoms with E-state index in [1.807, 2.05) is 0 Å². The van der Waals surface area contributed by atoms with Crippen LogP contribution in [-0.2, 0) is 65.4 Å². The Morgan fingerprint density at radius 1 is 0.329 bits per heavy atom. The first-order valence-corrected chi connectivity index (χ1v) is 36.1. The summed E-state index contributed by atoms with van der Waals surface area (Å²) < 4.78 is 67.8. The van der Waals surface area contributed by atoms with Gasteiger partial charge in [-0.15, -0.1) is 0 Å². The molecule has 82 heavy (non-hydrogen) atoms. The highest BCUT2D eigenvalue weighted by molar-refractivity contribution is 7.47. The zero-order chi connectivity index (χ0) is 60.6. The quantitative estimate of drug-likeness (QED) is 0.0222. The topological polar surface area (TPSA) is 237 Å². The van der Waals surface area contributed by atoms with Gasteiger partial charge in [0, 0.05) is 25.7 Å². The molecule has 17 nitrogen and oxygen atoms in total. The summed E-state index contributed by atoms with van der Waals surface area (Å²) >= 11 is 0. The minimum atomic E-state index is -4.94. The summed E-state index contributed by atoms with van der Waals surface area (Å²) in [6, 6.07) is 0. The molecule has 0 bridgehead atoms. The third-order valence-electron chi connectivity index (χ3n) is 14.5. The Labute approximate surface area is 498 Å². The van der Waals surface area contributed by atoms with E-state index in [-0.39, 0.29) is 25.7 Å². The van der Waals surface area contributed by atoms with E-state index >= 15 is 0 Å². The molecule has 19 heteroatoms. The molecule has 0 spiro atoms. The second-order valence-corrected chi connectivity index (χ2v) is 26.2. The minimum absolute atomic E-state index is 0.103. The highest BCUT2D eigenvalue weighted by atomic mass is 31.2. The summed E-state index contributed by atoms with van der Waals surface area (Å²) in [4.78, 5) is 71.9. The average Bonchev–Trinajstić information content (AvgIpc) is 3.46. The lowest BCUT2D eigenvalue weighted by Gasteiger charge is -2.21. The molecule has 0 aromatic rings. The standard InChI is InChI=1S/C63H122O17P2/c1-6-9-12-15-18-19-20-21-22-23-24-25-26-27-34-39-44-49-63(68)80-59(53-74-61(66)47-42-37-33-29-28-32-35-40-45-56(4)5)55-78-82(71,72)76-51-57(64)50-75-81(69,70)77-54-58(79-62(67)48-43-38-31-17-14-11-8-3)52-73-60(65)46-41-36-30-16-13-10-7-2/h56-59,64H,6-55H2,1-5H3,(H,69,70)(H,71,72)/t57-,58+,59+/m0/s1. The third-order valence-corrected chi connectivity index (χ3v) is 16.4. The molecule has 0 saturated heterocycles. The number of aliphatic hydroxyl groups is 1. The van der Waals surface area contributed by atoms with Gasteiger partial charge in [0.15, 0.2) is 12.2 Å². The van der Waals surface area contributed by atoms with Crippen LogP contribution in [0.3, 0.4) is 0 Å². The highest BCUT2D eigenvalue weighted by Gasteiger charge is 2.30. The second kappa shape index (κ2) is 56.8. The van der Waals surface area contributed by atoms with E-state index < -0.39 is 97.5 Å². The maximum Gasteiger partial charge on any atom is 0.472 e. The molecule has 486 valence electrons. The lowest BCUT2D eigenvalue weighted by molar-refractivity contribution is -0.161. The van der Waals surface area contributed by atoms with Gasteiger partial charge in [-0.2, -0.15) is 0 Å². The zero-order valence-electron chi connectivity index (χ0n) is 52.6. The Morgan fingerprint density at radius 2 is 0.561 bits per heavy atom. The Kier molecular flexibility index (Phi) is 55.5. The Balaban J connectivity index is 5.15. The number of ether oxygens (including phenoxy) is 4. The summed E-state index contributed by atoms with van der Waals surface area (Å²) in [5.74, 6) is -1.42. The molecule has 0 heterocycles. The number of hydrogen-bond donors (Lipinski definition) is 3. The summed E-state index contributed by atoms with van der Waals surface area (Å²) in [6.45, 7) is 7.07. The first kappa shape index (κ1) is 80.1. The van der Waals surface area contributed by atoms with Crippen molar-refractivity contribution in [3.05, 3.63) is 0 Å². The minimum Gasteiger partial charge on any atom is -0.462 e. The number of aliphatic hydroxyl groups excluding tert-OH is 1. The monoisotopic (exact) mass is 1210 g/mol. The van der Waals surface area contributed by atoms with Gasteiger partial charge in [0.2, 0.25) is 0 Å². The first-order valence-electron chi connectivity index (χ1n) is 33.1. The van der Waals surface area contributed by atoms with Gasteiger partial charge in [-0.3, -0.25) is 37.3 Å². The summed E-state index contributed by atoms with van der Waals surface area (Å²) in [5, 5.41) is 10.5. The van der Waals surface area contributed by atoms with Crippen LogP contribution in [0.5, 0.6) is 0 Å². The normalized spacial score (nSPS) is 14.3. The van der Waals surface area contributed by atoms with Gasteiger partial charge in [-0.1, -0.05) is 266 Å². The van der Waals surface area contributed by atoms with Gasteiger partial charge < -0.3 is 33.8 Å². The molecule has 0 aromatic carbocycles. The lowest BCUT2D eigenvalue weighted by Crippen LogP contribution is -2.30. The second-order valence-electron chi connectivity index (χ2n) is 23.3. The van der Waals surface area contributed by atoms with Gasteiger partial charge in [-0.05, 0) is 31.6 Å². The fraction of sp³-hybridized carbons (Fsp3) is 0.937. The molecular weight excluding hydrogens is 1090 g/mol. The number of rotatable bonds is 63. The maximum atomic E-state index is 13.0. The van der Waals surface area contributed by atoms with E-state index in [0.29, 0.717) is 25.7 Å². The van der Waals surface area contributed by atoms with Crippen LogP contribution in [0.25, 0.3) is 0 Å².